The van der Waals surface area contributed by atoms with Crippen molar-refractivity contribution >= 4 is 0 Å². The molecule has 0 saturated carbocycles. The molecule has 68 valence electrons. The highest BCUT2D eigenvalue weighted by Gasteiger charge is 2.18. The quantitative estimate of drug-likeness (QED) is 0.730. The summed E-state index contributed by atoms with van der Waals surface area (Å²) in [5.74, 6) is -2.07. The average Bonchev–Trinajstić information content (AvgIpc) is 2.03. The first-order valence-electron chi connectivity index (χ1n) is 3.14. The van der Waals surface area contributed by atoms with Crippen molar-refractivity contribution in [1.82, 2.24) is 4.98 Å². The molecule has 0 unspecified atom stereocenters. The summed E-state index contributed by atoms with van der Waals surface area (Å²) in [6.45, 7) is 0. The van der Waals surface area contributed by atoms with Crippen LogP contribution in [0.2, 0.25) is 0 Å². The predicted octanol–water partition coefficient (Wildman–Crippen LogP) is 1.74. The number of halogens is 3. The Morgan fingerprint density at radius 2 is 2.15 bits per heavy atom. The SMILES string of the molecule is N#Cc1nc(C(F)F)c(O)cc1F. The molecule has 0 bridgehead atoms. The highest BCUT2D eigenvalue weighted by Crippen LogP contribution is 2.27. The summed E-state index contributed by atoms with van der Waals surface area (Å²) >= 11 is 0. The number of nitrogens with zero attached hydrogens (tertiary/aromatic N) is 2. The van der Waals surface area contributed by atoms with E-state index in [1.165, 1.54) is 6.07 Å². The lowest BCUT2D eigenvalue weighted by molar-refractivity contribution is 0.141. The summed E-state index contributed by atoms with van der Waals surface area (Å²) in [6.07, 6.45) is -3.03. The molecule has 0 saturated heterocycles. The van der Waals surface area contributed by atoms with E-state index in [9.17, 15) is 13.2 Å². The number of hydrogen-bond acceptors (Lipinski definition) is 3. The molecule has 0 amide bonds. The van der Waals surface area contributed by atoms with Crippen molar-refractivity contribution in [3.8, 4) is 11.8 Å². The van der Waals surface area contributed by atoms with Crippen LogP contribution in [0.5, 0.6) is 5.75 Å². The van der Waals surface area contributed by atoms with Gasteiger partial charge in [0.1, 0.15) is 17.5 Å². The number of hydrogen-bond donors (Lipinski definition) is 1. The fourth-order valence-corrected chi connectivity index (χ4v) is 0.732. The third-order valence-electron chi connectivity index (χ3n) is 1.30. The minimum Gasteiger partial charge on any atom is -0.506 e. The Morgan fingerprint density at radius 3 is 2.62 bits per heavy atom. The second-order valence-electron chi connectivity index (χ2n) is 2.14. The molecule has 0 radical (unpaired) electrons. The van der Waals surface area contributed by atoms with Gasteiger partial charge in [0.2, 0.25) is 0 Å². The summed E-state index contributed by atoms with van der Waals surface area (Å²) in [5.41, 5.74) is -1.74. The lowest BCUT2D eigenvalue weighted by atomic mass is 10.3. The van der Waals surface area contributed by atoms with E-state index in [1.54, 1.807) is 0 Å². The molecule has 0 aliphatic heterocycles. The Balaban J connectivity index is 3.33. The molecule has 13 heavy (non-hydrogen) atoms. The van der Waals surface area contributed by atoms with Gasteiger partial charge in [-0.15, -0.1) is 0 Å². The van der Waals surface area contributed by atoms with Crippen LogP contribution >= 0.6 is 0 Å². The van der Waals surface area contributed by atoms with E-state index in [0.717, 1.165) is 0 Å². The van der Waals surface area contributed by atoms with Crippen molar-refractivity contribution in [3.63, 3.8) is 0 Å². The summed E-state index contributed by atoms with van der Waals surface area (Å²) in [6, 6.07) is 1.72. The zero-order valence-corrected chi connectivity index (χ0v) is 6.13. The third kappa shape index (κ3) is 1.69. The molecular formula is C7H3F3N2O. The van der Waals surface area contributed by atoms with Gasteiger partial charge < -0.3 is 5.11 Å². The Hall–Kier alpha value is -1.77. The maximum absolute atomic E-state index is 12.6. The van der Waals surface area contributed by atoms with Gasteiger partial charge in [0, 0.05) is 6.07 Å². The average molecular weight is 188 g/mol. The second kappa shape index (κ2) is 3.31. The number of aromatic hydroxyl groups is 1. The van der Waals surface area contributed by atoms with E-state index in [-0.39, 0.29) is 0 Å². The summed E-state index contributed by atoms with van der Waals surface area (Å²) in [5, 5.41) is 17.0. The van der Waals surface area contributed by atoms with Crippen LogP contribution in [0.4, 0.5) is 13.2 Å². The second-order valence-corrected chi connectivity index (χ2v) is 2.14. The fraction of sp³-hybridized carbons (Fsp3) is 0.143. The molecule has 0 fully saturated rings. The van der Waals surface area contributed by atoms with Gasteiger partial charge in [-0.3, -0.25) is 0 Å². The zero-order valence-electron chi connectivity index (χ0n) is 6.13. The third-order valence-corrected chi connectivity index (χ3v) is 1.30. The highest BCUT2D eigenvalue weighted by molar-refractivity contribution is 5.34. The molecule has 0 aliphatic rings. The van der Waals surface area contributed by atoms with Crippen LogP contribution in [-0.4, -0.2) is 10.1 Å². The number of pyridine rings is 1. The van der Waals surface area contributed by atoms with Gasteiger partial charge in [-0.05, 0) is 0 Å². The predicted molar refractivity (Wildman–Crippen MR) is 35.5 cm³/mol. The minimum absolute atomic E-state index is 0.438. The zero-order chi connectivity index (χ0) is 10.0. The van der Waals surface area contributed by atoms with Crippen LogP contribution in [0.15, 0.2) is 6.07 Å². The van der Waals surface area contributed by atoms with Crippen molar-refractivity contribution in [1.29, 1.82) is 5.26 Å². The van der Waals surface area contributed by atoms with Gasteiger partial charge in [-0.25, -0.2) is 18.2 Å². The normalized spacial score (nSPS) is 10.1. The Bertz CT molecular complexity index is 373. The number of aromatic nitrogens is 1. The van der Waals surface area contributed by atoms with Crippen LogP contribution in [-0.2, 0) is 0 Å². The van der Waals surface area contributed by atoms with Crippen LogP contribution in [0.3, 0.4) is 0 Å². The maximum atomic E-state index is 12.6. The Labute approximate surface area is 71.1 Å². The van der Waals surface area contributed by atoms with E-state index < -0.39 is 29.4 Å². The van der Waals surface area contributed by atoms with Gasteiger partial charge in [-0.1, -0.05) is 0 Å². The Morgan fingerprint density at radius 1 is 1.54 bits per heavy atom. The van der Waals surface area contributed by atoms with E-state index in [1.807, 2.05) is 0 Å². The van der Waals surface area contributed by atoms with Crippen LogP contribution < -0.4 is 0 Å². The highest BCUT2D eigenvalue weighted by atomic mass is 19.3. The molecule has 0 aromatic carbocycles. The van der Waals surface area contributed by atoms with Crippen LogP contribution in [0.1, 0.15) is 17.8 Å². The summed E-state index contributed by atoms with van der Waals surface area (Å²) < 4.78 is 36.6. The van der Waals surface area contributed by atoms with E-state index in [0.29, 0.717) is 6.07 Å². The molecule has 1 aromatic heterocycles. The lowest BCUT2D eigenvalue weighted by Crippen LogP contribution is -1.97. The molecule has 1 heterocycles. The van der Waals surface area contributed by atoms with Crippen LogP contribution in [0, 0.1) is 17.1 Å². The first kappa shape index (κ1) is 9.32. The van der Waals surface area contributed by atoms with E-state index in [2.05, 4.69) is 4.98 Å². The minimum atomic E-state index is -3.03. The standard InChI is InChI=1S/C7H3F3N2O/c8-3-1-5(13)6(7(9)10)12-4(3)2-11/h1,7,13H. The molecule has 0 atom stereocenters. The molecule has 6 heteroatoms. The number of alkyl halides is 2. The number of nitriles is 1. The molecule has 1 aromatic rings. The van der Waals surface area contributed by atoms with Crippen molar-refractivity contribution in [3.05, 3.63) is 23.3 Å². The smallest absolute Gasteiger partial charge is 0.284 e. The van der Waals surface area contributed by atoms with Gasteiger partial charge in [0.25, 0.3) is 6.43 Å². The molecule has 0 aliphatic carbocycles. The van der Waals surface area contributed by atoms with Gasteiger partial charge in [0.05, 0.1) is 0 Å². The fourth-order valence-electron chi connectivity index (χ4n) is 0.732. The first-order chi connectivity index (χ1) is 6.06. The summed E-state index contributed by atoms with van der Waals surface area (Å²) in [4.78, 5) is 2.95. The largest absolute Gasteiger partial charge is 0.506 e. The first-order valence-corrected chi connectivity index (χ1v) is 3.14. The van der Waals surface area contributed by atoms with Crippen molar-refractivity contribution in [2.75, 3.05) is 0 Å². The molecule has 0 spiro atoms. The monoisotopic (exact) mass is 188 g/mol. The molecule has 1 N–H and O–H groups in total. The Kier molecular flexibility index (Phi) is 2.37. The van der Waals surface area contributed by atoms with Gasteiger partial charge in [0.15, 0.2) is 11.5 Å². The van der Waals surface area contributed by atoms with Gasteiger partial charge >= 0.3 is 0 Å². The van der Waals surface area contributed by atoms with Crippen molar-refractivity contribution in [2.45, 2.75) is 6.43 Å². The number of rotatable bonds is 1. The van der Waals surface area contributed by atoms with Crippen molar-refractivity contribution in [2.24, 2.45) is 0 Å². The lowest BCUT2D eigenvalue weighted by Gasteiger charge is -2.02. The van der Waals surface area contributed by atoms with E-state index in [4.69, 9.17) is 10.4 Å². The molecule has 1 rings (SSSR count). The molecular weight excluding hydrogens is 185 g/mol. The molecule has 3 nitrogen and oxygen atoms in total. The topological polar surface area (TPSA) is 56.9 Å². The van der Waals surface area contributed by atoms with E-state index >= 15 is 0 Å². The van der Waals surface area contributed by atoms with Crippen molar-refractivity contribution < 1.29 is 18.3 Å². The van der Waals surface area contributed by atoms with Gasteiger partial charge in [-0.2, -0.15) is 5.26 Å². The summed E-state index contributed by atoms with van der Waals surface area (Å²) in [7, 11) is 0. The van der Waals surface area contributed by atoms with Crippen LogP contribution in [0.25, 0.3) is 0 Å². The maximum Gasteiger partial charge on any atom is 0.284 e.